The van der Waals surface area contributed by atoms with Gasteiger partial charge in [-0.05, 0) is 56.5 Å². The first-order valence-corrected chi connectivity index (χ1v) is 8.93. The van der Waals surface area contributed by atoms with Crippen molar-refractivity contribution >= 4 is 11.7 Å². The largest absolute Gasteiger partial charge is 0.490 e. The molecule has 0 radical (unpaired) electrons. The lowest BCUT2D eigenvalue weighted by Crippen LogP contribution is -2.36. The van der Waals surface area contributed by atoms with Gasteiger partial charge in [-0.3, -0.25) is 9.59 Å². The van der Waals surface area contributed by atoms with Crippen LogP contribution in [0, 0.1) is 0 Å². The maximum atomic E-state index is 12.8. The van der Waals surface area contributed by atoms with E-state index >= 15 is 0 Å². The molecular weight excluding hydrogens is 332 g/mol. The maximum absolute atomic E-state index is 12.8. The zero-order valence-corrected chi connectivity index (χ0v) is 15.4. The van der Waals surface area contributed by atoms with Gasteiger partial charge in [0.25, 0.3) is 5.91 Å². The highest BCUT2D eigenvalue weighted by Gasteiger charge is 2.25. The van der Waals surface area contributed by atoms with Gasteiger partial charge in [0.2, 0.25) is 0 Å². The summed E-state index contributed by atoms with van der Waals surface area (Å²) in [7, 11) is 0. The van der Waals surface area contributed by atoms with E-state index < -0.39 is 0 Å². The first-order valence-electron chi connectivity index (χ1n) is 8.93. The number of hydrogen-bond donors (Lipinski definition) is 1. The molecule has 3 rings (SSSR count). The van der Waals surface area contributed by atoms with E-state index in [4.69, 9.17) is 9.47 Å². The van der Waals surface area contributed by atoms with Gasteiger partial charge in [0.15, 0.2) is 17.3 Å². The van der Waals surface area contributed by atoms with Crippen LogP contribution in [0.4, 0.5) is 0 Å². The second-order valence-corrected chi connectivity index (χ2v) is 6.27. The summed E-state index contributed by atoms with van der Waals surface area (Å²) in [5.41, 5.74) is 3.20. The molecule has 1 N–H and O–H groups in total. The number of rotatable bonds is 6. The zero-order valence-electron chi connectivity index (χ0n) is 15.4. The Balaban J connectivity index is 1.82. The third-order valence-electron chi connectivity index (χ3n) is 4.49. The van der Waals surface area contributed by atoms with Crippen LogP contribution in [-0.4, -0.2) is 41.3 Å². The van der Waals surface area contributed by atoms with Crippen LogP contribution in [0.25, 0.3) is 0 Å². The molecule has 138 valence electrons. The number of aromatic nitrogens is 1. The molecular formula is C20H24N2O4. The van der Waals surface area contributed by atoms with E-state index in [1.165, 1.54) is 12.5 Å². The number of amides is 1. The summed E-state index contributed by atoms with van der Waals surface area (Å²) >= 11 is 0. The van der Waals surface area contributed by atoms with Gasteiger partial charge < -0.3 is 19.4 Å². The topological polar surface area (TPSA) is 71.6 Å². The average Bonchev–Trinajstić information content (AvgIpc) is 3.12. The van der Waals surface area contributed by atoms with E-state index in [9.17, 15) is 9.59 Å². The molecule has 0 spiro atoms. The zero-order chi connectivity index (χ0) is 18.7. The molecule has 6 heteroatoms. The summed E-state index contributed by atoms with van der Waals surface area (Å²) in [6.07, 6.45) is 2.34. The van der Waals surface area contributed by atoms with E-state index in [0.29, 0.717) is 43.3 Å². The quantitative estimate of drug-likeness (QED) is 0.807. The summed E-state index contributed by atoms with van der Waals surface area (Å²) in [4.78, 5) is 28.9. The third kappa shape index (κ3) is 3.59. The van der Waals surface area contributed by atoms with Crippen LogP contribution in [-0.2, 0) is 13.0 Å². The smallest absolute Gasteiger partial charge is 0.270 e. The predicted octanol–water partition coefficient (Wildman–Crippen LogP) is 3.21. The van der Waals surface area contributed by atoms with Gasteiger partial charge in [0, 0.05) is 24.8 Å². The molecule has 1 aliphatic heterocycles. The van der Waals surface area contributed by atoms with E-state index in [-0.39, 0.29) is 11.7 Å². The maximum Gasteiger partial charge on any atom is 0.270 e. The summed E-state index contributed by atoms with van der Waals surface area (Å²) in [6, 6.07) is 5.61. The Hall–Kier alpha value is -2.76. The number of benzene rings is 1. The van der Waals surface area contributed by atoms with Gasteiger partial charge >= 0.3 is 0 Å². The molecule has 0 saturated carbocycles. The number of carbonyl (C=O) groups is 2. The summed E-state index contributed by atoms with van der Waals surface area (Å²) in [6.45, 7) is 7.63. The van der Waals surface area contributed by atoms with E-state index in [0.717, 1.165) is 17.7 Å². The van der Waals surface area contributed by atoms with Crippen LogP contribution in [0.15, 0.2) is 24.4 Å². The molecule has 6 nitrogen and oxygen atoms in total. The molecule has 0 atom stereocenters. The molecule has 2 aromatic rings. The number of nitrogens with one attached hydrogen (secondary N) is 1. The fourth-order valence-electron chi connectivity index (χ4n) is 3.17. The van der Waals surface area contributed by atoms with Crippen molar-refractivity contribution in [2.24, 2.45) is 0 Å². The van der Waals surface area contributed by atoms with Gasteiger partial charge in [-0.1, -0.05) is 0 Å². The van der Waals surface area contributed by atoms with Crippen LogP contribution in [0.3, 0.4) is 0 Å². The molecule has 1 aromatic carbocycles. The number of fused-ring (bicyclic) bond motifs is 1. The lowest BCUT2D eigenvalue weighted by atomic mass is 9.98. The highest BCUT2D eigenvalue weighted by Crippen LogP contribution is 2.34. The fraction of sp³-hybridized carbons (Fsp3) is 0.400. The number of H-pyrrole nitrogens is 1. The Kier molecular flexibility index (Phi) is 5.30. The van der Waals surface area contributed by atoms with E-state index in [2.05, 4.69) is 4.98 Å². The molecule has 0 saturated heterocycles. The Labute approximate surface area is 153 Å². The number of ketones is 1. The molecule has 0 unspecified atom stereocenters. The minimum Gasteiger partial charge on any atom is -0.490 e. The summed E-state index contributed by atoms with van der Waals surface area (Å²) < 4.78 is 11.4. The van der Waals surface area contributed by atoms with Gasteiger partial charge in [-0.15, -0.1) is 0 Å². The van der Waals surface area contributed by atoms with Gasteiger partial charge in [-0.2, -0.15) is 0 Å². The molecule has 26 heavy (non-hydrogen) atoms. The van der Waals surface area contributed by atoms with Crippen molar-refractivity contribution in [1.29, 1.82) is 0 Å². The Morgan fingerprint density at radius 3 is 2.31 bits per heavy atom. The summed E-state index contributed by atoms with van der Waals surface area (Å²) in [5, 5.41) is 0. The predicted molar refractivity (Wildman–Crippen MR) is 98.0 cm³/mol. The van der Waals surface area contributed by atoms with Crippen LogP contribution in [0.1, 0.15) is 52.7 Å². The molecule has 1 aromatic heterocycles. The fourth-order valence-corrected chi connectivity index (χ4v) is 3.17. The number of Topliss-reactive ketones (excluding diaryl/α,β-unsaturated/α-hetero) is 1. The van der Waals surface area contributed by atoms with Crippen molar-refractivity contribution in [3.05, 3.63) is 46.8 Å². The second-order valence-electron chi connectivity index (χ2n) is 6.27. The number of carbonyl (C=O) groups excluding carboxylic acids is 2. The second kappa shape index (κ2) is 7.64. The number of aromatic amines is 1. The number of nitrogens with zero attached hydrogens (tertiary/aromatic N) is 1. The van der Waals surface area contributed by atoms with Crippen molar-refractivity contribution in [3.63, 3.8) is 0 Å². The van der Waals surface area contributed by atoms with E-state index in [1.807, 2.05) is 26.0 Å². The molecule has 0 aliphatic carbocycles. The van der Waals surface area contributed by atoms with Crippen molar-refractivity contribution in [2.75, 3.05) is 19.8 Å². The number of hydrogen-bond acceptors (Lipinski definition) is 4. The van der Waals surface area contributed by atoms with Crippen LogP contribution in [0.2, 0.25) is 0 Å². The van der Waals surface area contributed by atoms with Gasteiger partial charge in [0.05, 0.1) is 13.2 Å². The minimum atomic E-state index is -0.102. The number of ether oxygens (including phenoxy) is 2. The third-order valence-corrected chi connectivity index (χ3v) is 4.49. The highest BCUT2D eigenvalue weighted by atomic mass is 16.5. The normalized spacial score (nSPS) is 13.3. The first kappa shape index (κ1) is 18.0. The molecule has 0 fully saturated rings. The standard InChI is InChI=1S/C20H24N2O4/c1-4-25-18-9-14-6-7-22(12-16(14)10-19(18)26-5-2)20(24)17-8-15(11-21-17)13(3)23/h8-11,21H,4-7,12H2,1-3H3. The Morgan fingerprint density at radius 1 is 1.08 bits per heavy atom. The monoisotopic (exact) mass is 356 g/mol. The van der Waals surface area contributed by atoms with Crippen LogP contribution < -0.4 is 9.47 Å². The van der Waals surface area contributed by atoms with Gasteiger partial charge in [0.1, 0.15) is 5.69 Å². The first-order chi connectivity index (χ1) is 12.5. The van der Waals surface area contributed by atoms with Crippen molar-refractivity contribution in [2.45, 2.75) is 33.7 Å². The Morgan fingerprint density at radius 2 is 1.73 bits per heavy atom. The molecule has 1 amide bonds. The van der Waals surface area contributed by atoms with Gasteiger partial charge in [-0.25, -0.2) is 0 Å². The minimum absolute atomic E-state index is 0.0610. The highest BCUT2D eigenvalue weighted by molar-refractivity contribution is 5.99. The van der Waals surface area contributed by atoms with Crippen molar-refractivity contribution in [1.82, 2.24) is 9.88 Å². The SMILES string of the molecule is CCOc1cc2c(cc1OCC)CN(C(=O)c1cc(C(C)=O)c[nH]1)CC2. The van der Waals surface area contributed by atoms with Crippen molar-refractivity contribution in [3.8, 4) is 11.5 Å². The average molecular weight is 356 g/mol. The van der Waals surface area contributed by atoms with Crippen molar-refractivity contribution < 1.29 is 19.1 Å². The molecule has 2 heterocycles. The van der Waals surface area contributed by atoms with E-state index in [1.54, 1.807) is 17.2 Å². The lowest BCUT2D eigenvalue weighted by molar-refractivity contribution is 0.0729. The van der Waals surface area contributed by atoms with Crippen LogP contribution >= 0.6 is 0 Å². The lowest BCUT2D eigenvalue weighted by Gasteiger charge is -2.29. The van der Waals surface area contributed by atoms with Crippen LogP contribution in [0.5, 0.6) is 11.5 Å². The summed E-state index contributed by atoms with van der Waals surface area (Å²) in [5.74, 6) is 1.30. The molecule has 0 bridgehead atoms. The Bertz CT molecular complexity index is 825. The molecule has 1 aliphatic rings.